The van der Waals surface area contributed by atoms with Crippen LogP contribution in [0.1, 0.15) is 21.6 Å². The van der Waals surface area contributed by atoms with E-state index in [9.17, 15) is 4.79 Å². The number of rotatable bonds is 6. The van der Waals surface area contributed by atoms with Crippen LogP contribution in [0.2, 0.25) is 5.02 Å². The van der Waals surface area contributed by atoms with Gasteiger partial charge in [-0.15, -0.1) is 0 Å². The number of methoxy groups -OCH3 is 2. The number of hydrogen-bond acceptors (Lipinski definition) is 4. The third-order valence-electron chi connectivity index (χ3n) is 5.47. The summed E-state index contributed by atoms with van der Waals surface area (Å²) in [6, 6.07) is 20.2. The molecule has 0 aliphatic heterocycles. The Labute approximate surface area is 197 Å². The van der Waals surface area contributed by atoms with Crippen LogP contribution >= 0.6 is 11.6 Å². The fraction of sp³-hybridized carbons (Fsp3) is 0.154. The Morgan fingerprint density at radius 3 is 2.42 bits per heavy atom. The summed E-state index contributed by atoms with van der Waals surface area (Å²) in [6.07, 6.45) is 0. The van der Waals surface area contributed by atoms with E-state index in [0.717, 1.165) is 16.7 Å². The number of carbonyl (C=O) groups is 1. The van der Waals surface area contributed by atoms with Crippen molar-refractivity contribution in [3.8, 4) is 28.4 Å². The van der Waals surface area contributed by atoms with E-state index in [-0.39, 0.29) is 5.91 Å². The summed E-state index contributed by atoms with van der Waals surface area (Å²) in [5, 5.41) is 8.17. The van der Waals surface area contributed by atoms with Crippen molar-refractivity contribution < 1.29 is 14.3 Å². The number of aromatic nitrogens is 2. The highest BCUT2D eigenvalue weighted by atomic mass is 35.5. The predicted molar refractivity (Wildman–Crippen MR) is 131 cm³/mol. The largest absolute Gasteiger partial charge is 0.497 e. The van der Waals surface area contributed by atoms with Gasteiger partial charge >= 0.3 is 0 Å². The quantitative estimate of drug-likeness (QED) is 0.378. The Hall–Kier alpha value is -3.77. The highest BCUT2D eigenvalue weighted by Gasteiger charge is 2.21. The molecule has 4 rings (SSSR count). The second-order valence-corrected chi connectivity index (χ2v) is 8.00. The second kappa shape index (κ2) is 9.38. The molecule has 0 aliphatic rings. The van der Waals surface area contributed by atoms with Gasteiger partial charge in [-0.2, -0.15) is 5.10 Å². The van der Waals surface area contributed by atoms with E-state index in [2.05, 4.69) is 5.32 Å². The Kier molecular flexibility index (Phi) is 6.38. The van der Waals surface area contributed by atoms with Crippen LogP contribution in [0, 0.1) is 13.8 Å². The van der Waals surface area contributed by atoms with Crippen LogP contribution in [0.3, 0.4) is 0 Å². The molecule has 33 heavy (non-hydrogen) atoms. The van der Waals surface area contributed by atoms with Crippen molar-refractivity contribution in [1.29, 1.82) is 0 Å². The summed E-state index contributed by atoms with van der Waals surface area (Å²) in [4.78, 5) is 13.3. The van der Waals surface area contributed by atoms with Crippen LogP contribution < -0.4 is 14.8 Å². The third-order valence-corrected chi connectivity index (χ3v) is 5.79. The van der Waals surface area contributed by atoms with E-state index < -0.39 is 0 Å². The number of halogens is 1. The van der Waals surface area contributed by atoms with E-state index in [1.807, 2.05) is 62.4 Å². The topological polar surface area (TPSA) is 65.4 Å². The number of anilines is 1. The van der Waals surface area contributed by atoms with Crippen molar-refractivity contribution in [2.45, 2.75) is 13.8 Å². The fourth-order valence-corrected chi connectivity index (χ4v) is 3.72. The minimum Gasteiger partial charge on any atom is -0.497 e. The molecule has 0 saturated heterocycles. The molecule has 0 radical (unpaired) electrons. The summed E-state index contributed by atoms with van der Waals surface area (Å²) in [5.41, 5.74) is 5.19. The zero-order valence-electron chi connectivity index (χ0n) is 18.8. The first kappa shape index (κ1) is 22.4. The first-order valence-corrected chi connectivity index (χ1v) is 10.7. The van der Waals surface area contributed by atoms with Crippen molar-refractivity contribution >= 4 is 23.2 Å². The maximum Gasteiger partial charge on any atom is 0.274 e. The number of hydrogen-bond donors (Lipinski definition) is 1. The SMILES string of the molecule is COc1ccc(-c2cc(C(=O)Nc3ccc(C)c(C)c3)n(-c3ccccc3Cl)n2)c(OC)c1. The minimum absolute atomic E-state index is 0.301. The van der Waals surface area contributed by atoms with Crippen LogP contribution in [0.4, 0.5) is 5.69 Å². The molecule has 0 fully saturated rings. The van der Waals surface area contributed by atoms with Gasteiger partial charge in [-0.3, -0.25) is 4.79 Å². The lowest BCUT2D eigenvalue weighted by molar-refractivity contribution is 0.101. The zero-order valence-corrected chi connectivity index (χ0v) is 19.6. The van der Waals surface area contributed by atoms with Gasteiger partial charge in [0.25, 0.3) is 5.91 Å². The number of nitrogens with zero attached hydrogens (tertiary/aromatic N) is 2. The Morgan fingerprint density at radius 1 is 0.939 bits per heavy atom. The molecule has 0 bridgehead atoms. The Morgan fingerprint density at radius 2 is 1.73 bits per heavy atom. The zero-order chi connectivity index (χ0) is 23.5. The van der Waals surface area contributed by atoms with Gasteiger partial charge in [0.15, 0.2) is 0 Å². The van der Waals surface area contributed by atoms with Crippen molar-refractivity contribution in [2.24, 2.45) is 0 Å². The number of ether oxygens (including phenoxy) is 2. The lowest BCUT2D eigenvalue weighted by atomic mass is 10.1. The summed E-state index contributed by atoms with van der Waals surface area (Å²) >= 11 is 6.45. The van der Waals surface area contributed by atoms with Gasteiger partial charge in [-0.1, -0.05) is 29.8 Å². The van der Waals surface area contributed by atoms with E-state index in [1.54, 1.807) is 37.1 Å². The summed E-state index contributed by atoms with van der Waals surface area (Å²) in [7, 11) is 3.17. The molecule has 0 atom stereocenters. The van der Waals surface area contributed by atoms with Gasteiger partial charge in [-0.25, -0.2) is 4.68 Å². The van der Waals surface area contributed by atoms with Crippen molar-refractivity contribution in [3.05, 3.63) is 88.6 Å². The number of para-hydroxylation sites is 1. The molecule has 1 aromatic heterocycles. The molecule has 1 amide bonds. The Bertz CT molecular complexity index is 1330. The molecule has 6 nitrogen and oxygen atoms in total. The fourth-order valence-electron chi connectivity index (χ4n) is 3.51. The first-order valence-electron chi connectivity index (χ1n) is 10.4. The van der Waals surface area contributed by atoms with Crippen molar-refractivity contribution in [1.82, 2.24) is 9.78 Å². The summed E-state index contributed by atoms with van der Waals surface area (Å²) in [6.45, 7) is 4.04. The maximum atomic E-state index is 13.3. The molecule has 7 heteroatoms. The molecule has 168 valence electrons. The smallest absolute Gasteiger partial charge is 0.274 e. The number of carbonyl (C=O) groups excluding carboxylic acids is 1. The van der Waals surface area contributed by atoms with Crippen LogP contribution in [-0.4, -0.2) is 29.9 Å². The first-order chi connectivity index (χ1) is 15.9. The van der Waals surface area contributed by atoms with Gasteiger partial charge in [-0.05, 0) is 67.4 Å². The normalized spacial score (nSPS) is 10.7. The van der Waals surface area contributed by atoms with Crippen molar-refractivity contribution in [2.75, 3.05) is 19.5 Å². The highest BCUT2D eigenvalue weighted by Crippen LogP contribution is 2.34. The third kappa shape index (κ3) is 4.56. The maximum absolute atomic E-state index is 13.3. The highest BCUT2D eigenvalue weighted by molar-refractivity contribution is 6.32. The molecule has 1 N–H and O–H groups in total. The monoisotopic (exact) mass is 461 g/mol. The van der Waals surface area contributed by atoms with Gasteiger partial charge in [0.05, 0.1) is 30.6 Å². The number of nitrogens with one attached hydrogen (secondary N) is 1. The summed E-state index contributed by atoms with van der Waals surface area (Å²) < 4.78 is 12.4. The van der Waals surface area contributed by atoms with E-state index in [0.29, 0.717) is 39.3 Å². The summed E-state index contributed by atoms with van der Waals surface area (Å²) in [5.74, 6) is 0.942. The van der Waals surface area contributed by atoms with Crippen LogP contribution in [0.5, 0.6) is 11.5 Å². The average Bonchev–Trinajstić information content (AvgIpc) is 3.26. The van der Waals surface area contributed by atoms with Gasteiger partial charge in [0, 0.05) is 17.3 Å². The molecular formula is C26H24ClN3O3. The van der Waals surface area contributed by atoms with Gasteiger partial charge in [0.2, 0.25) is 0 Å². The standard InChI is InChI=1S/C26H24ClN3O3/c1-16-9-10-18(13-17(16)2)28-26(31)24-15-22(20-12-11-19(32-3)14-25(20)33-4)29-30(24)23-8-6-5-7-21(23)27/h5-15H,1-4H3,(H,28,31). The van der Waals surface area contributed by atoms with Crippen molar-refractivity contribution in [3.63, 3.8) is 0 Å². The molecule has 1 heterocycles. The lowest BCUT2D eigenvalue weighted by Gasteiger charge is -2.11. The van der Waals surface area contributed by atoms with E-state index >= 15 is 0 Å². The van der Waals surface area contributed by atoms with E-state index in [1.165, 1.54) is 0 Å². The predicted octanol–water partition coefficient (Wildman–Crippen LogP) is 6.08. The number of aryl methyl sites for hydroxylation is 2. The van der Waals surface area contributed by atoms with Crippen LogP contribution in [0.15, 0.2) is 66.7 Å². The molecule has 0 saturated carbocycles. The number of benzene rings is 3. The lowest BCUT2D eigenvalue weighted by Crippen LogP contribution is -2.17. The average molecular weight is 462 g/mol. The second-order valence-electron chi connectivity index (χ2n) is 7.60. The van der Waals surface area contributed by atoms with Gasteiger partial charge in [0.1, 0.15) is 17.2 Å². The molecule has 0 aliphatic carbocycles. The Balaban J connectivity index is 1.82. The molecule has 0 spiro atoms. The van der Waals surface area contributed by atoms with E-state index in [4.69, 9.17) is 26.2 Å². The van der Waals surface area contributed by atoms with Crippen LogP contribution in [-0.2, 0) is 0 Å². The van der Waals surface area contributed by atoms with Crippen LogP contribution in [0.25, 0.3) is 16.9 Å². The molecular weight excluding hydrogens is 438 g/mol. The minimum atomic E-state index is -0.301. The molecule has 4 aromatic rings. The molecule has 0 unspecified atom stereocenters. The number of amides is 1. The molecule has 3 aromatic carbocycles. The van der Waals surface area contributed by atoms with Gasteiger partial charge < -0.3 is 14.8 Å².